The summed E-state index contributed by atoms with van der Waals surface area (Å²) >= 11 is 7.77. The van der Waals surface area contributed by atoms with E-state index in [4.69, 9.17) is 16.6 Å². The van der Waals surface area contributed by atoms with Gasteiger partial charge < -0.3 is 9.80 Å². The number of aryl methyl sites for hydroxylation is 3. The third kappa shape index (κ3) is 3.07. The third-order valence-electron chi connectivity index (χ3n) is 4.89. The normalized spacial score (nSPS) is 15.2. The lowest BCUT2D eigenvalue weighted by Gasteiger charge is -2.37. The molecule has 0 unspecified atom stereocenters. The molecule has 1 aliphatic heterocycles. The van der Waals surface area contributed by atoms with Crippen LogP contribution in [0.5, 0.6) is 0 Å². The van der Waals surface area contributed by atoms with E-state index in [9.17, 15) is 0 Å². The van der Waals surface area contributed by atoms with Crippen molar-refractivity contribution in [3.63, 3.8) is 0 Å². The van der Waals surface area contributed by atoms with Crippen LogP contribution < -0.4 is 9.80 Å². The second kappa shape index (κ2) is 6.46. The number of benzene rings is 1. The highest BCUT2D eigenvalue weighted by atomic mass is 35.5. The van der Waals surface area contributed by atoms with Crippen molar-refractivity contribution in [2.45, 2.75) is 20.8 Å². The Morgan fingerprint density at radius 3 is 2.24 bits per heavy atom. The molecule has 25 heavy (non-hydrogen) atoms. The van der Waals surface area contributed by atoms with Gasteiger partial charge in [0.1, 0.15) is 16.5 Å². The maximum atomic E-state index is 6.00. The Hall–Kier alpha value is -1.85. The van der Waals surface area contributed by atoms with Crippen LogP contribution in [0.2, 0.25) is 5.02 Å². The van der Waals surface area contributed by atoms with Crippen molar-refractivity contribution in [3.05, 3.63) is 45.6 Å². The molecule has 1 aromatic carbocycles. The van der Waals surface area contributed by atoms with Crippen molar-refractivity contribution in [3.8, 4) is 0 Å². The van der Waals surface area contributed by atoms with E-state index in [1.54, 1.807) is 11.3 Å². The van der Waals surface area contributed by atoms with Gasteiger partial charge in [0.2, 0.25) is 0 Å². The molecular formula is C19H21ClN4S. The van der Waals surface area contributed by atoms with Crippen molar-refractivity contribution < 1.29 is 0 Å². The van der Waals surface area contributed by atoms with Gasteiger partial charge in [-0.05, 0) is 50.6 Å². The number of hydrogen-bond acceptors (Lipinski definition) is 5. The summed E-state index contributed by atoms with van der Waals surface area (Å²) in [6.45, 7) is 10.2. The summed E-state index contributed by atoms with van der Waals surface area (Å²) in [5.74, 6) is 1.95. The van der Waals surface area contributed by atoms with E-state index in [0.29, 0.717) is 0 Å². The van der Waals surface area contributed by atoms with Crippen molar-refractivity contribution >= 4 is 44.7 Å². The van der Waals surface area contributed by atoms with Gasteiger partial charge in [0.15, 0.2) is 0 Å². The van der Waals surface area contributed by atoms with Crippen molar-refractivity contribution in [1.29, 1.82) is 0 Å². The smallest absolute Gasteiger partial charge is 0.141 e. The molecule has 0 amide bonds. The van der Waals surface area contributed by atoms with E-state index in [0.717, 1.165) is 47.7 Å². The van der Waals surface area contributed by atoms with E-state index >= 15 is 0 Å². The summed E-state index contributed by atoms with van der Waals surface area (Å²) < 4.78 is 0. The quantitative estimate of drug-likeness (QED) is 0.658. The van der Waals surface area contributed by atoms with Gasteiger partial charge in [-0.2, -0.15) is 0 Å². The van der Waals surface area contributed by atoms with Crippen LogP contribution in [0.3, 0.4) is 0 Å². The van der Waals surface area contributed by atoms with E-state index < -0.39 is 0 Å². The average Bonchev–Trinajstić information content (AvgIpc) is 2.89. The fourth-order valence-corrected chi connectivity index (χ4v) is 4.58. The molecule has 0 aliphatic carbocycles. The second-order valence-corrected chi connectivity index (χ2v) is 8.15. The Balaban J connectivity index is 1.60. The molecule has 4 nitrogen and oxygen atoms in total. The highest BCUT2D eigenvalue weighted by Gasteiger charge is 2.23. The SMILES string of the molecule is Cc1nc(N2CCN(c3ccc(Cl)cc3)CC2)c2c(C)c(C)sc2n1. The minimum atomic E-state index is 0.782. The number of anilines is 2. The molecule has 0 atom stereocenters. The van der Waals surface area contributed by atoms with Crippen LogP contribution in [0.15, 0.2) is 24.3 Å². The maximum absolute atomic E-state index is 6.00. The van der Waals surface area contributed by atoms with Crippen LogP contribution in [-0.4, -0.2) is 36.1 Å². The summed E-state index contributed by atoms with van der Waals surface area (Å²) in [4.78, 5) is 16.7. The number of aromatic nitrogens is 2. The van der Waals surface area contributed by atoms with Crippen LogP contribution in [0, 0.1) is 20.8 Å². The number of piperazine rings is 1. The lowest BCUT2D eigenvalue weighted by Crippen LogP contribution is -2.47. The molecule has 0 N–H and O–H groups in total. The van der Waals surface area contributed by atoms with Crippen LogP contribution in [0.25, 0.3) is 10.2 Å². The van der Waals surface area contributed by atoms with Crippen LogP contribution in [-0.2, 0) is 0 Å². The molecule has 4 rings (SSSR count). The van der Waals surface area contributed by atoms with E-state index in [2.05, 4.69) is 40.8 Å². The largest absolute Gasteiger partial charge is 0.368 e. The zero-order chi connectivity index (χ0) is 17.6. The first kappa shape index (κ1) is 16.6. The van der Waals surface area contributed by atoms with E-state index in [1.807, 2.05) is 19.1 Å². The fraction of sp³-hybridized carbons (Fsp3) is 0.368. The standard InChI is InChI=1S/C19H21ClN4S/c1-12-13(2)25-19-17(12)18(21-14(3)22-19)24-10-8-23(9-11-24)16-6-4-15(20)5-7-16/h4-7H,8-11H2,1-3H3. The lowest BCUT2D eigenvalue weighted by molar-refractivity contribution is 0.648. The number of rotatable bonds is 2. The first-order valence-corrected chi connectivity index (χ1v) is 9.72. The molecule has 0 radical (unpaired) electrons. The van der Waals surface area contributed by atoms with E-state index in [-0.39, 0.29) is 0 Å². The number of halogens is 1. The minimum absolute atomic E-state index is 0.782. The van der Waals surface area contributed by atoms with Crippen molar-refractivity contribution in [2.24, 2.45) is 0 Å². The van der Waals surface area contributed by atoms with Crippen LogP contribution >= 0.6 is 22.9 Å². The fourth-order valence-electron chi connectivity index (χ4n) is 3.39. The topological polar surface area (TPSA) is 32.3 Å². The van der Waals surface area contributed by atoms with Gasteiger partial charge >= 0.3 is 0 Å². The van der Waals surface area contributed by atoms with Gasteiger partial charge in [0, 0.05) is 41.8 Å². The molecule has 1 fully saturated rings. The second-order valence-electron chi connectivity index (χ2n) is 6.51. The molecule has 130 valence electrons. The molecule has 0 bridgehead atoms. The highest BCUT2D eigenvalue weighted by Crippen LogP contribution is 2.35. The number of fused-ring (bicyclic) bond motifs is 1. The molecule has 3 aromatic rings. The van der Waals surface area contributed by atoms with Crippen LogP contribution in [0.4, 0.5) is 11.5 Å². The molecule has 1 aliphatic rings. The van der Waals surface area contributed by atoms with Gasteiger partial charge in [-0.25, -0.2) is 9.97 Å². The zero-order valence-electron chi connectivity index (χ0n) is 14.7. The molecular weight excluding hydrogens is 352 g/mol. The Morgan fingerprint density at radius 1 is 0.920 bits per heavy atom. The summed E-state index contributed by atoms with van der Waals surface area (Å²) in [5.41, 5.74) is 2.55. The van der Waals surface area contributed by atoms with Gasteiger partial charge in [-0.1, -0.05) is 11.6 Å². The Bertz CT molecular complexity index is 911. The summed E-state index contributed by atoms with van der Waals surface area (Å²) in [5, 5.41) is 2.01. The highest BCUT2D eigenvalue weighted by molar-refractivity contribution is 7.18. The number of hydrogen-bond donors (Lipinski definition) is 0. The number of thiophene rings is 1. The van der Waals surface area contributed by atoms with Gasteiger partial charge in [-0.3, -0.25) is 0 Å². The summed E-state index contributed by atoms with van der Waals surface area (Å²) in [6, 6.07) is 8.10. The third-order valence-corrected chi connectivity index (χ3v) is 6.25. The molecule has 3 heterocycles. The number of nitrogens with zero attached hydrogens (tertiary/aromatic N) is 4. The maximum Gasteiger partial charge on any atom is 0.141 e. The minimum Gasteiger partial charge on any atom is -0.368 e. The monoisotopic (exact) mass is 372 g/mol. The predicted octanol–water partition coefficient (Wildman–Crippen LogP) is 4.60. The zero-order valence-corrected chi connectivity index (χ0v) is 16.3. The summed E-state index contributed by atoms with van der Waals surface area (Å²) in [7, 11) is 0. The Morgan fingerprint density at radius 2 is 1.56 bits per heavy atom. The van der Waals surface area contributed by atoms with Crippen molar-refractivity contribution in [2.75, 3.05) is 36.0 Å². The van der Waals surface area contributed by atoms with E-state index in [1.165, 1.54) is 21.5 Å². The summed E-state index contributed by atoms with van der Waals surface area (Å²) in [6.07, 6.45) is 0. The molecule has 0 saturated carbocycles. The Kier molecular flexibility index (Phi) is 4.29. The first-order valence-electron chi connectivity index (χ1n) is 8.53. The molecule has 6 heteroatoms. The Labute approximate surface area is 157 Å². The van der Waals surface area contributed by atoms with Gasteiger partial charge in [0.05, 0.1) is 5.39 Å². The van der Waals surface area contributed by atoms with Crippen LogP contribution in [0.1, 0.15) is 16.3 Å². The molecule has 2 aromatic heterocycles. The first-order chi connectivity index (χ1) is 12.0. The van der Waals surface area contributed by atoms with Crippen molar-refractivity contribution in [1.82, 2.24) is 9.97 Å². The van der Waals surface area contributed by atoms with Gasteiger partial charge in [0.25, 0.3) is 0 Å². The predicted molar refractivity (Wildman–Crippen MR) is 108 cm³/mol. The lowest BCUT2D eigenvalue weighted by atomic mass is 10.2. The average molecular weight is 373 g/mol. The molecule has 1 saturated heterocycles. The molecule has 0 spiro atoms. The van der Waals surface area contributed by atoms with Gasteiger partial charge in [-0.15, -0.1) is 11.3 Å².